The third-order valence-corrected chi connectivity index (χ3v) is 2.86. The van der Waals surface area contributed by atoms with E-state index >= 15 is 0 Å². The Balaban J connectivity index is 1.87. The number of aromatic nitrogens is 1. The first kappa shape index (κ1) is 13.0. The molecule has 0 fully saturated rings. The van der Waals surface area contributed by atoms with Gasteiger partial charge in [-0.3, -0.25) is 0 Å². The molecular formula is C13H20N4O. The molecule has 0 radical (unpaired) electrons. The van der Waals surface area contributed by atoms with Crippen molar-refractivity contribution in [1.29, 1.82) is 0 Å². The summed E-state index contributed by atoms with van der Waals surface area (Å²) in [5.74, 6) is 0.703. The maximum atomic E-state index is 5.72. The molecule has 1 aromatic carbocycles. The van der Waals surface area contributed by atoms with Crippen LogP contribution in [-0.2, 0) is 6.42 Å². The number of benzene rings is 1. The van der Waals surface area contributed by atoms with Gasteiger partial charge >= 0.3 is 0 Å². The number of hydrogen-bond acceptors (Lipinski definition) is 5. The van der Waals surface area contributed by atoms with Crippen LogP contribution >= 0.6 is 0 Å². The van der Waals surface area contributed by atoms with Crippen molar-refractivity contribution in [2.24, 2.45) is 11.5 Å². The van der Waals surface area contributed by atoms with E-state index in [4.69, 9.17) is 15.9 Å². The SMILES string of the molecule is Cc1nc2cc(CCNCC(N)CN)ccc2o1. The second kappa shape index (κ2) is 5.95. The molecule has 1 heterocycles. The van der Waals surface area contributed by atoms with Crippen LogP contribution in [0.1, 0.15) is 11.5 Å². The van der Waals surface area contributed by atoms with Crippen LogP contribution in [0.15, 0.2) is 22.6 Å². The summed E-state index contributed by atoms with van der Waals surface area (Å²) in [4.78, 5) is 4.32. The maximum absolute atomic E-state index is 5.72. The van der Waals surface area contributed by atoms with E-state index in [1.807, 2.05) is 13.0 Å². The lowest BCUT2D eigenvalue weighted by atomic mass is 10.1. The summed E-state index contributed by atoms with van der Waals surface area (Å²) >= 11 is 0. The summed E-state index contributed by atoms with van der Waals surface area (Å²) in [5, 5.41) is 3.29. The highest BCUT2D eigenvalue weighted by Crippen LogP contribution is 2.16. The van der Waals surface area contributed by atoms with Crippen LogP contribution in [0.4, 0.5) is 0 Å². The Morgan fingerprint density at radius 1 is 1.44 bits per heavy atom. The number of aryl methyl sites for hydroxylation is 1. The van der Waals surface area contributed by atoms with Crippen molar-refractivity contribution in [3.05, 3.63) is 29.7 Å². The van der Waals surface area contributed by atoms with Gasteiger partial charge in [-0.15, -0.1) is 0 Å². The molecule has 98 valence electrons. The van der Waals surface area contributed by atoms with Crippen molar-refractivity contribution < 1.29 is 4.42 Å². The second-order valence-electron chi connectivity index (χ2n) is 4.48. The van der Waals surface area contributed by atoms with Crippen LogP contribution in [0.3, 0.4) is 0 Å². The average molecular weight is 248 g/mol. The monoisotopic (exact) mass is 248 g/mol. The molecule has 2 aromatic rings. The van der Waals surface area contributed by atoms with Crippen molar-refractivity contribution in [3.8, 4) is 0 Å². The Kier molecular flexibility index (Phi) is 4.30. The molecule has 1 atom stereocenters. The van der Waals surface area contributed by atoms with Crippen LogP contribution in [0, 0.1) is 6.92 Å². The summed E-state index contributed by atoms with van der Waals surface area (Å²) in [7, 11) is 0. The highest BCUT2D eigenvalue weighted by molar-refractivity contribution is 5.73. The van der Waals surface area contributed by atoms with E-state index in [1.54, 1.807) is 0 Å². The topological polar surface area (TPSA) is 90.1 Å². The Morgan fingerprint density at radius 2 is 2.28 bits per heavy atom. The van der Waals surface area contributed by atoms with Gasteiger partial charge in [0.05, 0.1) is 0 Å². The zero-order valence-corrected chi connectivity index (χ0v) is 10.6. The van der Waals surface area contributed by atoms with Crippen molar-refractivity contribution in [1.82, 2.24) is 10.3 Å². The average Bonchev–Trinajstić information content (AvgIpc) is 2.73. The van der Waals surface area contributed by atoms with Crippen LogP contribution in [-0.4, -0.2) is 30.7 Å². The number of hydrogen-bond donors (Lipinski definition) is 3. The minimum atomic E-state index is 0.0330. The van der Waals surface area contributed by atoms with Crippen LogP contribution in [0.5, 0.6) is 0 Å². The van der Waals surface area contributed by atoms with Gasteiger partial charge in [0.25, 0.3) is 0 Å². The number of nitrogens with two attached hydrogens (primary N) is 2. The third-order valence-electron chi connectivity index (χ3n) is 2.86. The number of rotatable bonds is 6. The van der Waals surface area contributed by atoms with Crippen LogP contribution in [0.2, 0.25) is 0 Å². The summed E-state index contributed by atoms with van der Waals surface area (Å²) in [6, 6.07) is 6.13. The van der Waals surface area contributed by atoms with Gasteiger partial charge in [0.2, 0.25) is 0 Å². The van der Waals surface area contributed by atoms with E-state index in [-0.39, 0.29) is 6.04 Å². The summed E-state index contributed by atoms with van der Waals surface area (Å²) in [6.07, 6.45) is 0.944. The van der Waals surface area contributed by atoms with Crippen LogP contribution < -0.4 is 16.8 Å². The van der Waals surface area contributed by atoms with E-state index in [9.17, 15) is 0 Å². The van der Waals surface area contributed by atoms with E-state index in [0.717, 1.165) is 30.6 Å². The van der Waals surface area contributed by atoms with Gasteiger partial charge in [0.1, 0.15) is 5.52 Å². The van der Waals surface area contributed by atoms with Gasteiger partial charge in [-0.1, -0.05) is 6.07 Å². The lowest BCUT2D eigenvalue weighted by Crippen LogP contribution is -2.40. The molecule has 0 aliphatic rings. The number of nitrogens with zero attached hydrogens (tertiary/aromatic N) is 1. The molecule has 0 aliphatic heterocycles. The van der Waals surface area contributed by atoms with Crippen molar-refractivity contribution >= 4 is 11.1 Å². The van der Waals surface area contributed by atoms with Gasteiger partial charge < -0.3 is 21.2 Å². The fourth-order valence-corrected chi connectivity index (χ4v) is 1.85. The van der Waals surface area contributed by atoms with Gasteiger partial charge in [0.15, 0.2) is 11.5 Å². The smallest absolute Gasteiger partial charge is 0.192 e. The predicted octanol–water partition coefficient (Wildman–Crippen LogP) is 0.554. The Morgan fingerprint density at radius 3 is 3.06 bits per heavy atom. The zero-order chi connectivity index (χ0) is 13.0. The second-order valence-corrected chi connectivity index (χ2v) is 4.48. The van der Waals surface area contributed by atoms with E-state index in [1.165, 1.54) is 5.56 Å². The van der Waals surface area contributed by atoms with E-state index < -0.39 is 0 Å². The van der Waals surface area contributed by atoms with Gasteiger partial charge in [0, 0.05) is 26.1 Å². The van der Waals surface area contributed by atoms with E-state index in [0.29, 0.717) is 12.4 Å². The molecule has 0 spiro atoms. The maximum Gasteiger partial charge on any atom is 0.192 e. The lowest BCUT2D eigenvalue weighted by Gasteiger charge is -2.09. The molecular weight excluding hydrogens is 228 g/mol. The molecule has 0 aliphatic carbocycles. The fourth-order valence-electron chi connectivity index (χ4n) is 1.85. The molecule has 5 N–H and O–H groups in total. The van der Waals surface area contributed by atoms with E-state index in [2.05, 4.69) is 22.4 Å². The highest BCUT2D eigenvalue weighted by atomic mass is 16.3. The Bertz CT molecular complexity index is 509. The molecule has 0 bridgehead atoms. The summed E-state index contributed by atoms with van der Waals surface area (Å²) in [6.45, 7) is 4.00. The summed E-state index contributed by atoms with van der Waals surface area (Å²) < 4.78 is 5.44. The minimum Gasteiger partial charge on any atom is -0.441 e. The van der Waals surface area contributed by atoms with Crippen LogP contribution in [0.25, 0.3) is 11.1 Å². The molecule has 0 saturated heterocycles. The number of nitrogens with one attached hydrogen (secondary N) is 1. The van der Waals surface area contributed by atoms with Gasteiger partial charge in [-0.05, 0) is 30.7 Å². The highest BCUT2D eigenvalue weighted by Gasteiger charge is 2.03. The quantitative estimate of drug-likeness (QED) is 0.650. The standard InChI is InChI=1S/C13H20N4O/c1-9-17-12-6-10(2-3-13(12)18-9)4-5-16-8-11(15)7-14/h2-3,6,11,16H,4-5,7-8,14-15H2,1H3. The van der Waals surface area contributed by atoms with Gasteiger partial charge in [-0.2, -0.15) is 0 Å². The molecule has 0 amide bonds. The van der Waals surface area contributed by atoms with Gasteiger partial charge in [-0.25, -0.2) is 4.98 Å². The van der Waals surface area contributed by atoms with Crippen molar-refractivity contribution in [2.45, 2.75) is 19.4 Å². The molecule has 1 unspecified atom stereocenters. The molecule has 2 rings (SSSR count). The minimum absolute atomic E-state index is 0.0330. The summed E-state index contributed by atoms with van der Waals surface area (Å²) in [5.41, 5.74) is 14.2. The van der Waals surface area contributed by atoms with Crippen molar-refractivity contribution in [3.63, 3.8) is 0 Å². The molecule has 1 aromatic heterocycles. The fraction of sp³-hybridized carbons (Fsp3) is 0.462. The van der Waals surface area contributed by atoms with Crippen molar-refractivity contribution in [2.75, 3.05) is 19.6 Å². The molecule has 5 heteroatoms. The first-order chi connectivity index (χ1) is 8.69. The Labute approximate surface area is 107 Å². The first-order valence-electron chi connectivity index (χ1n) is 6.21. The number of oxazole rings is 1. The largest absolute Gasteiger partial charge is 0.441 e. The first-order valence-corrected chi connectivity index (χ1v) is 6.21. The molecule has 5 nitrogen and oxygen atoms in total. The third kappa shape index (κ3) is 3.29. The Hall–Kier alpha value is -1.43. The molecule has 0 saturated carbocycles. The lowest BCUT2D eigenvalue weighted by molar-refractivity contribution is 0.561. The predicted molar refractivity (Wildman–Crippen MR) is 72.3 cm³/mol. The zero-order valence-electron chi connectivity index (χ0n) is 10.6. The number of fused-ring (bicyclic) bond motifs is 1. The normalized spacial score (nSPS) is 13.1. The molecule has 18 heavy (non-hydrogen) atoms.